The molecule has 0 unspecified atom stereocenters. The van der Waals surface area contributed by atoms with Crippen LogP contribution in [0.5, 0.6) is 5.75 Å². The van der Waals surface area contributed by atoms with Crippen molar-refractivity contribution in [3.05, 3.63) is 137 Å². The van der Waals surface area contributed by atoms with E-state index in [1.807, 2.05) is 60.7 Å². The normalized spacial score (nSPS) is 12.0. The molecule has 0 aliphatic carbocycles. The molecule has 0 saturated heterocycles. The van der Waals surface area contributed by atoms with Gasteiger partial charge in [-0.3, -0.25) is 9.97 Å². The van der Waals surface area contributed by atoms with Crippen molar-refractivity contribution in [1.82, 2.24) is 15.0 Å². The minimum atomic E-state index is -0.575. The van der Waals surface area contributed by atoms with Crippen LogP contribution in [-0.4, -0.2) is 27.1 Å². The predicted octanol–water partition coefficient (Wildman–Crippen LogP) is 5.01. The number of hydrogen-bond acceptors (Lipinski definition) is 7. The molecule has 0 amide bonds. The molecule has 0 spiro atoms. The summed E-state index contributed by atoms with van der Waals surface area (Å²) in [5.74, 6) is -0.329. The van der Waals surface area contributed by atoms with Crippen LogP contribution in [0.3, 0.4) is 0 Å². The molecule has 9 nitrogen and oxygen atoms in total. The molecule has 0 aliphatic heterocycles. The molecule has 192 valence electrons. The van der Waals surface area contributed by atoms with Crippen LogP contribution in [0.2, 0.25) is 0 Å². The van der Waals surface area contributed by atoms with Gasteiger partial charge >= 0.3 is 5.97 Å². The molecule has 0 aliphatic rings. The highest BCUT2D eigenvalue weighted by atomic mass is 19.1. The average Bonchev–Trinajstić information content (AvgIpc) is 2.95. The van der Waals surface area contributed by atoms with Gasteiger partial charge in [0, 0.05) is 0 Å². The van der Waals surface area contributed by atoms with Crippen LogP contribution in [0.4, 0.5) is 21.7 Å². The summed E-state index contributed by atoms with van der Waals surface area (Å²) in [4.78, 5) is 31.9. The number of halogens is 1. The quantitative estimate of drug-likeness (QED) is 0.121. The van der Waals surface area contributed by atoms with Crippen LogP contribution in [-0.2, 0) is 0 Å². The summed E-state index contributed by atoms with van der Waals surface area (Å²) in [6.45, 7) is 0. The molecule has 0 atom stereocenters. The van der Waals surface area contributed by atoms with E-state index < -0.39 is 11.8 Å². The molecule has 5 rings (SSSR count). The molecule has 10 heteroatoms. The number of rotatable bonds is 7. The number of aromatic amines is 2. The Hall–Kier alpha value is -5.64. The molecule has 0 saturated carbocycles. The Morgan fingerprint density at radius 3 is 2.10 bits per heavy atom. The van der Waals surface area contributed by atoms with Gasteiger partial charge in [-0.2, -0.15) is 10.1 Å². The first-order valence-corrected chi connectivity index (χ1v) is 11.9. The summed E-state index contributed by atoms with van der Waals surface area (Å²) in [5.41, 5.74) is 6.10. The highest BCUT2D eigenvalue weighted by molar-refractivity contribution is 5.91. The lowest BCUT2D eigenvalue weighted by atomic mass is 10.2. The lowest BCUT2D eigenvalue weighted by molar-refractivity contribution is 0.0734. The zero-order valence-electron chi connectivity index (χ0n) is 20.5. The summed E-state index contributed by atoms with van der Waals surface area (Å²) >= 11 is 0. The number of hydrogen-bond donors (Lipinski definition) is 3. The highest BCUT2D eigenvalue weighted by Crippen LogP contribution is 2.14. The first kappa shape index (κ1) is 25.0. The number of aromatic nitrogens is 3. The summed E-state index contributed by atoms with van der Waals surface area (Å²) < 4.78 is 18.4. The van der Waals surface area contributed by atoms with Crippen molar-refractivity contribution >= 4 is 29.5 Å². The second kappa shape index (κ2) is 12.1. The van der Waals surface area contributed by atoms with Crippen molar-refractivity contribution in [3.8, 4) is 5.75 Å². The first-order chi connectivity index (χ1) is 19.1. The van der Waals surface area contributed by atoms with Gasteiger partial charge in [-0.25, -0.2) is 24.6 Å². The van der Waals surface area contributed by atoms with Crippen molar-refractivity contribution in [2.24, 2.45) is 15.1 Å². The third-order valence-electron chi connectivity index (χ3n) is 5.23. The zero-order chi connectivity index (χ0) is 26.9. The summed E-state index contributed by atoms with van der Waals surface area (Å²) in [7, 11) is 0. The highest BCUT2D eigenvalue weighted by Gasteiger charge is 2.08. The third-order valence-corrected chi connectivity index (χ3v) is 5.23. The fraction of sp³-hybridized carbons (Fsp3) is 0. The number of esters is 1. The third kappa shape index (κ3) is 7.20. The Balaban J connectivity index is 1.32. The van der Waals surface area contributed by atoms with Gasteiger partial charge in [0.05, 0.1) is 23.2 Å². The number of carbonyl (C=O) groups excluding carboxylic acids is 1. The average molecular weight is 520 g/mol. The van der Waals surface area contributed by atoms with E-state index in [1.165, 1.54) is 24.3 Å². The Bertz CT molecular complexity index is 1640. The largest absolute Gasteiger partial charge is 0.423 e. The predicted molar refractivity (Wildman–Crippen MR) is 145 cm³/mol. The number of anilines is 1. The molecule has 39 heavy (non-hydrogen) atoms. The molecule has 1 aromatic heterocycles. The van der Waals surface area contributed by atoms with Crippen molar-refractivity contribution in [1.29, 1.82) is 0 Å². The SMILES string of the molecule is O=C(Oc1ccc(/C=N\Nc2nc(=Nc3ccccc3)[nH]c(=Nc3ccccc3)[nH]2)cc1)c1ccc(F)cc1. The van der Waals surface area contributed by atoms with E-state index >= 15 is 0 Å². The van der Waals surface area contributed by atoms with Crippen LogP contribution in [0.15, 0.2) is 124 Å². The van der Waals surface area contributed by atoms with E-state index in [-0.39, 0.29) is 5.56 Å². The Labute approximate surface area is 222 Å². The molecular weight excluding hydrogens is 497 g/mol. The zero-order valence-corrected chi connectivity index (χ0v) is 20.5. The van der Waals surface area contributed by atoms with Crippen LogP contribution in [0, 0.1) is 5.82 Å². The van der Waals surface area contributed by atoms with Crippen molar-refractivity contribution in [2.45, 2.75) is 0 Å². The van der Waals surface area contributed by atoms with E-state index in [0.29, 0.717) is 22.9 Å². The summed E-state index contributed by atoms with van der Waals surface area (Å²) in [6.07, 6.45) is 1.58. The standard InChI is InChI=1S/C29H22FN7O2/c30-22-15-13-21(14-16-22)26(38)39-25-17-11-20(12-18-25)19-31-37-29-35-27(32-23-7-3-1-4-8-23)34-28(36-29)33-24-9-5-2-6-10-24/h1-19H,(H3,32,33,34,35,36,37)/b31-19-. The van der Waals surface area contributed by atoms with Crippen molar-refractivity contribution in [2.75, 3.05) is 5.43 Å². The number of benzene rings is 4. The van der Waals surface area contributed by atoms with Gasteiger partial charge in [-0.05, 0) is 78.4 Å². The lowest BCUT2D eigenvalue weighted by Crippen LogP contribution is -2.28. The van der Waals surface area contributed by atoms with E-state index in [9.17, 15) is 9.18 Å². The Morgan fingerprint density at radius 1 is 0.795 bits per heavy atom. The van der Waals surface area contributed by atoms with Crippen LogP contribution >= 0.6 is 0 Å². The minimum absolute atomic E-state index is 0.256. The second-order valence-electron chi connectivity index (χ2n) is 8.11. The maximum atomic E-state index is 13.1. The number of carbonyl (C=O) groups is 1. The molecule has 1 heterocycles. The number of para-hydroxylation sites is 2. The number of H-pyrrole nitrogens is 2. The van der Waals surface area contributed by atoms with Crippen LogP contribution in [0.25, 0.3) is 0 Å². The second-order valence-corrected chi connectivity index (χ2v) is 8.11. The minimum Gasteiger partial charge on any atom is -0.423 e. The topological polar surface area (TPSA) is 120 Å². The number of hydrazone groups is 1. The number of nitrogens with one attached hydrogen (secondary N) is 3. The van der Waals surface area contributed by atoms with Crippen LogP contribution in [0.1, 0.15) is 15.9 Å². The number of nitrogens with zero attached hydrogens (tertiary/aromatic N) is 4. The van der Waals surface area contributed by atoms with Crippen molar-refractivity contribution in [3.63, 3.8) is 0 Å². The molecule has 4 aromatic carbocycles. The number of ether oxygens (including phenoxy) is 1. The van der Waals surface area contributed by atoms with E-state index in [1.54, 1.807) is 30.5 Å². The summed E-state index contributed by atoms with van der Waals surface area (Å²) in [6, 6.07) is 30.8. The fourth-order valence-corrected chi connectivity index (χ4v) is 3.37. The molecule has 3 N–H and O–H groups in total. The van der Waals surface area contributed by atoms with Gasteiger partial charge in [-0.15, -0.1) is 0 Å². The first-order valence-electron chi connectivity index (χ1n) is 11.9. The van der Waals surface area contributed by atoms with Gasteiger partial charge in [0.2, 0.25) is 17.2 Å². The van der Waals surface area contributed by atoms with E-state index in [0.717, 1.165) is 16.9 Å². The monoisotopic (exact) mass is 519 g/mol. The summed E-state index contributed by atoms with van der Waals surface area (Å²) in [5, 5.41) is 4.25. The lowest BCUT2D eigenvalue weighted by Gasteiger charge is -2.04. The van der Waals surface area contributed by atoms with Gasteiger partial charge < -0.3 is 4.74 Å². The molecule has 0 radical (unpaired) electrons. The maximum absolute atomic E-state index is 13.1. The molecule has 0 bridgehead atoms. The molecule has 0 fully saturated rings. The molecule has 5 aromatic rings. The van der Waals surface area contributed by atoms with Gasteiger partial charge in [0.1, 0.15) is 11.6 Å². The van der Waals surface area contributed by atoms with E-state index in [2.05, 4.69) is 35.5 Å². The maximum Gasteiger partial charge on any atom is 0.343 e. The van der Waals surface area contributed by atoms with Crippen molar-refractivity contribution < 1.29 is 13.9 Å². The van der Waals surface area contributed by atoms with Gasteiger partial charge in [0.25, 0.3) is 0 Å². The van der Waals surface area contributed by atoms with Gasteiger partial charge in [0.15, 0.2) is 0 Å². The van der Waals surface area contributed by atoms with Crippen LogP contribution < -0.4 is 21.4 Å². The Morgan fingerprint density at radius 2 is 1.44 bits per heavy atom. The molecular formula is C29H22FN7O2. The smallest absolute Gasteiger partial charge is 0.343 e. The van der Waals surface area contributed by atoms with Gasteiger partial charge in [-0.1, -0.05) is 36.4 Å². The van der Waals surface area contributed by atoms with E-state index in [4.69, 9.17) is 4.74 Å². The Kier molecular flexibility index (Phi) is 7.74. The fourth-order valence-electron chi connectivity index (χ4n) is 3.37.